The molecule has 0 aliphatic carbocycles. The second-order valence-corrected chi connectivity index (χ2v) is 7.33. The summed E-state index contributed by atoms with van der Waals surface area (Å²) in [5, 5.41) is 8.71. The van der Waals surface area contributed by atoms with Gasteiger partial charge in [0.25, 0.3) is 0 Å². The molecule has 0 saturated carbocycles. The van der Waals surface area contributed by atoms with Crippen LogP contribution in [-0.2, 0) is 5.75 Å². The van der Waals surface area contributed by atoms with E-state index in [4.69, 9.17) is 5.73 Å². The summed E-state index contributed by atoms with van der Waals surface area (Å²) in [5.74, 6) is 1.93. The maximum absolute atomic E-state index is 5.92. The summed E-state index contributed by atoms with van der Waals surface area (Å²) in [4.78, 5) is 1.24. The number of amidine groups is 1. The van der Waals surface area contributed by atoms with Gasteiger partial charge in [0, 0.05) is 16.2 Å². The number of nitrogens with two attached hydrogens (primary N) is 1. The zero-order chi connectivity index (χ0) is 17.0. The Kier molecular flexibility index (Phi) is 8.49. The first-order valence-electron chi connectivity index (χ1n) is 8.04. The smallest absolute Gasteiger partial charge is 0.180 e. The lowest BCUT2D eigenvalue weighted by atomic mass is 10.2. The molecule has 0 unspecified atom stereocenters. The van der Waals surface area contributed by atoms with Gasteiger partial charge in [-0.2, -0.15) is 5.10 Å². The van der Waals surface area contributed by atoms with Crippen LogP contribution >= 0.6 is 23.5 Å². The molecule has 0 bridgehead atoms. The van der Waals surface area contributed by atoms with Crippen molar-refractivity contribution in [2.75, 3.05) is 5.75 Å². The fourth-order valence-corrected chi connectivity index (χ4v) is 3.68. The monoisotopic (exact) mass is 357 g/mol. The van der Waals surface area contributed by atoms with Gasteiger partial charge in [0.1, 0.15) is 0 Å². The van der Waals surface area contributed by atoms with Gasteiger partial charge in [0.05, 0.1) is 6.21 Å². The Labute approximate surface area is 152 Å². The number of thioether (sulfide) groups is 2. The Balaban J connectivity index is 1.90. The SMILES string of the molecule is CCCCSc1ccccc1C=NN=C(N)SCc1ccccc1. The molecule has 0 aliphatic heterocycles. The van der Waals surface area contributed by atoms with E-state index in [9.17, 15) is 0 Å². The summed E-state index contributed by atoms with van der Waals surface area (Å²) in [5.41, 5.74) is 8.23. The number of nitrogens with zero attached hydrogens (tertiary/aromatic N) is 2. The third-order valence-corrected chi connectivity index (χ3v) is 5.29. The number of unbranched alkanes of at least 4 members (excludes halogenated alkanes) is 1. The number of rotatable bonds is 8. The van der Waals surface area contributed by atoms with Crippen molar-refractivity contribution in [1.29, 1.82) is 0 Å². The lowest BCUT2D eigenvalue weighted by Crippen LogP contribution is -2.06. The highest BCUT2D eigenvalue weighted by atomic mass is 32.2. The van der Waals surface area contributed by atoms with Gasteiger partial charge in [-0.05, 0) is 23.8 Å². The third kappa shape index (κ3) is 6.81. The van der Waals surface area contributed by atoms with Crippen molar-refractivity contribution in [3.8, 4) is 0 Å². The molecule has 2 N–H and O–H groups in total. The lowest BCUT2D eigenvalue weighted by Gasteiger charge is -2.04. The molecule has 0 amide bonds. The van der Waals surface area contributed by atoms with Gasteiger partial charge in [-0.25, -0.2) is 0 Å². The zero-order valence-electron chi connectivity index (χ0n) is 13.9. The fraction of sp³-hybridized carbons (Fsp3) is 0.263. The molecule has 0 fully saturated rings. The normalized spacial score (nSPS) is 12.0. The third-order valence-electron chi connectivity index (χ3n) is 3.26. The van der Waals surface area contributed by atoms with E-state index in [0.29, 0.717) is 5.17 Å². The van der Waals surface area contributed by atoms with E-state index in [1.54, 1.807) is 6.21 Å². The maximum Gasteiger partial charge on any atom is 0.180 e. The zero-order valence-corrected chi connectivity index (χ0v) is 15.5. The van der Waals surface area contributed by atoms with Crippen LogP contribution in [0.4, 0.5) is 0 Å². The molecule has 0 atom stereocenters. The van der Waals surface area contributed by atoms with E-state index in [-0.39, 0.29) is 0 Å². The molecule has 24 heavy (non-hydrogen) atoms. The van der Waals surface area contributed by atoms with Gasteiger partial charge < -0.3 is 5.73 Å². The Morgan fingerprint density at radius 1 is 1.08 bits per heavy atom. The summed E-state index contributed by atoms with van der Waals surface area (Å²) in [6.07, 6.45) is 4.21. The van der Waals surface area contributed by atoms with Crippen molar-refractivity contribution in [2.24, 2.45) is 15.9 Å². The first-order chi connectivity index (χ1) is 11.8. The minimum Gasteiger partial charge on any atom is -0.377 e. The molecule has 2 aromatic rings. The molecule has 0 aromatic heterocycles. The van der Waals surface area contributed by atoms with E-state index in [1.807, 2.05) is 36.0 Å². The molecule has 2 rings (SSSR count). The van der Waals surface area contributed by atoms with Gasteiger partial charge in [-0.3, -0.25) is 0 Å². The van der Waals surface area contributed by atoms with Crippen LogP contribution in [0.2, 0.25) is 0 Å². The van der Waals surface area contributed by atoms with Crippen molar-refractivity contribution >= 4 is 34.9 Å². The Bertz CT molecular complexity index is 669. The van der Waals surface area contributed by atoms with Crippen molar-refractivity contribution in [3.63, 3.8) is 0 Å². The van der Waals surface area contributed by atoms with Crippen LogP contribution in [0.25, 0.3) is 0 Å². The van der Waals surface area contributed by atoms with Crippen molar-refractivity contribution in [3.05, 3.63) is 65.7 Å². The highest BCUT2D eigenvalue weighted by Crippen LogP contribution is 2.22. The molecular formula is C19H23N3S2. The van der Waals surface area contributed by atoms with E-state index in [2.05, 4.69) is 47.5 Å². The molecule has 0 heterocycles. The molecule has 126 valence electrons. The number of hydrogen-bond acceptors (Lipinski definition) is 4. The van der Waals surface area contributed by atoms with E-state index < -0.39 is 0 Å². The van der Waals surface area contributed by atoms with Crippen molar-refractivity contribution in [1.82, 2.24) is 0 Å². The van der Waals surface area contributed by atoms with Crippen LogP contribution in [0.3, 0.4) is 0 Å². The molecule has 0 spiro atoms. The molecule has 0 saturated heterocycles. The average Bonchev–Trinajstić information content (AvgIpc) is 2.62. The Morgan fingerprint density at radius 2 is 1.83 bits per heavy atom. The van der Waals surface area contributed by atoms with Crippen LogP contribution in [-0.4, -0.2) is 17.1 Å². The second kappa shape index (κ2) is 10.9. The van der Waals surface area contributed by atoms with Crippen LogP contribution in [0.1, 0.15) is 30.9 Å². The fourth-order valence-electron chi connectivity index (χ4n) is 1.95. The molecular weight excluding hydrogens is 334 g/mol. The molecule has 0 aliphatic rings. The molecule has 2 aromatic carbocycles. The summed E-state index contributed by atoms with van der Waals surface area (Å²) in [6, 6.07) is 18.5. The maximum atomic E-state index is 5.92. The second-order valence-electron chi connectivity index (χ2n) is 5.20. The summed E-state index contributed by atoms with van der Waals surface area (Å²) < 4.78 is 0. The first kappa shape index (κ1) is 18.6. The Morgan fingerprint density at radius 3 is 2.62 bits per heavy atom. The summed E-state index contributed by atoms with van der Waals surface area (Å²) in [6.45, 7) is 2.21. The molecule has 5 heteroatoms. The van der Waals surface area contributed by atoms with Crippen molar-refractivity contribution in [2.45, 2.75) is 30.4 Å². The number of benzene rings is 2. The standard InChI is InChI=1S/C19H23N3S2/c1-2-3-13-23-18-12-8-7-11-17(18)14-21-22-19(20)24-15-16-9-5-4-6-10-16/h4-12,14H,2-3,13,15H2,1H3,(H2,20,22). The van der Waals surface area contributed by atoms with Gasteiger partial charge in [0.2, 0.25) is 0 Å². The topological polar surface area (TPSA) is 50.7 Å². The van der Waals surface area contributed by atoms with Crippen LogP contribution in [0.15, 0.2) is 69.7 Å². The lowest BCUT2D eigenvalue weighted by molar-refractivity contribution is 0.896. The van der Waals surface area contributed by atoms with Gasteiger partial charge >= 0.3 is 0 Å². The van der Waals surface area contributed by atoms with Gasteiger partial charge in [0.15, 0.2) is 5.17 Å². The summed E-state index contributed by atoms with van der Waals surface area (Å²) >= 11 is 3.36. The largest absolute Gasteiger partial charge is 0.377 e. The minimum absolute atomic E-state index is 0.478. The molecule has 0 radical (unpaired) electrons. The van der Waals surface area contributed by atoms with E-state index in [1.165, 1.54) is 35.1 Å². The highest BCUT2D eigenvalue weighted by Gasteiger charge is 2.00. The number of hydrogen-bond donors (Lipinski definition) is 1. The van der Waals surface area contributed by atoms with E-state index >= 15 is 0 Å². The van der Waals surface area contributed by atoms with E-state index in [0.717, 1.165) is 17.1 Å². The predicted molar refractivity (Wildman–Crippen MR) is 109 cm³/mol. The van der Waals surface area contributed by atoms with Gasteiger partial charge in [-0.1, -0.05) is 73.6 Å². The highest BCUT2D eigenvalue weighted by molar-refractivity contribution is 8.13. The quantitative estimate of drug-likeness (QED) is 0.233. The van der Waals surface area contributed by atoms with Crippen LogP contribution < -0.4 is 5.73 Å². The van der Waals surface area contributed by atoms with Crippen molar-refractivity contribution < 1.29 is 0 Å². The van der Waals surface area contributed by atoms with Gasteiger partial charge in [-0.15, -0.1) is 16.9 Å². The van der Waals surface area contributed by atoms with Crippen LogP contribution in [0, 0.1) is 0 Å². The van der Waals surface area contributed by atoms with Crippen LogP contribution in [0.5, 0.6) is 0 Å². The predicted octanol–water partition coefficient (Wildman–Crippen LogP) is 5.16. The Hall–Kier alpha value is -1.72. The molecule has 3 nitrogen and oxygen atoms in total. The summed E-state index contributed by atoms with van der Waals surface area (Å²) in [7, 11) is 0. The minimum atomic E-state index is 0.478. The average molecular weight is 358 g/mol. The first-order valence-corrected chi connectivity index (χ1v) is 10.0.